The molecule has 0 aliphatic heterocycles. The van der Waals surface area contributed by atoms with Gasteiger partial charge in [0, 0.05) is 5.02 Å². The van der Waals surface area contributed by atoms with Gasteiger partial charge in [0.25, 0.3) is 0 Å². The highest BCUT2D eigenvalue weighted by Gasteiger charge is 2.12. The predicted octanol–water partition coefficient (Wildman–Crippen LogP) is 2.85. The van der Waals surface area contributed by atoms with Crippen molar-refractivity contribution in [2.45, 2.75) is 6.92 Å². The maximum Gasteiger partial charge on any atom is 0.369 e. The molecule has 5 nitrogen and oxygen atoms in total. The Labute approximate surface area is 114 Å². The van der Waals surface area contributed by atoms with Gasteiger partial charge in [-0.1, -0.05) is 23.2 Å². The van der Waals surface area contributed by atoms with E-state index in [1.165, 1.54) is 6.07 Å². The number of benzene rings is 1. The smallest absolute Gasteiger partial charge is 0.369 e. The lowest BCUT2D eigenvalue weighted by molar-refractivity contribution is -0.134. The predicted molar refractivity (Wildman–Crippen MR) is 69.8 cm³/mol. The minimum absolute atomic E-state index is 0.164. The quantitative estimate of drug-likeness (QED) is 0.524. The van der Waals surface area contributed by atoms with Crippen LogP contribution in [0.3, 0.4) is 0 Å². The van der Waals surface area contributed by atoms with Gasteiger partial charge in [-0.2, -0.15) is 10.4 Å². The Morgan fingerprint density at radius 1 is 1.56 bits per heavy atom. The third-order valence-corrected chi connectivity index (χ3v) is 2.36. The van der Waals surface area contributed by atoms with Crippen molar-refractivity contribution < 1.29 is 9.53 Å². The lowest BCUT2D eigenvalue weighted by Gasteiger charge is -2.04. The summed E-state index contributed by atoms with van der Waals surface area (Å²) in [4.78, 5) is 11.3. The summed E-state index contributed by atoms with van der Waals surface area (Å²) < 4.78 is 4.65. The van der Waals surface area contributed by atoms with Crippen LogP contribution in [0.5, 0.6) is 0 Å². The summed E-state index contributed by atoms with van der Waals surface area (Å²) in [5, 5.41) is 13.2. The van der Waals surface area contributed by atoms with Gasteiger partial charge in [-0.25, -0.2) is 4.79 Å². The van der Waals surface area contributed by atoms with Crippen LogP contribution in [0.25, 0.3) is 0 Å². The van der Waals surface area contributed by atoms with E-state index in [1.807, 2.05) is 0 Å². The molecule has 0 heterocycles. The van der Waals surface area contributed by atoms with Gasteiger partial charge in [0.15, 0.2) is 0 Å². The summed E-state index contributed by atoms with van der Waals surface area (Å²) in [6, 6.07) is 6.32. The normalized spacial score (nSPS) is 10.7. The number of esters is 1. The Morgan fingerprint density at radius 3 is 2.89 bits per heavy atom. The largest absolute Gasteiger partial charge is 0.461 e. The Morgan fingerprint density at radius 2 is 2.28 bits per heavy atom. The zero-order chi connectivity index (χ0) is 13.5. The summed E-state index contributed by atoms with van der Waals surface area (Å²) in [5.41, 5.74) is 2.49. The molecular formula is C11H9Cl2N3O2. The minimum atomic E-state index is -0.800. The lowest BCUT2D eigenvalue weighted by Crippen LogP contribution is -2.17. The van der Waals surface area contributed by atoms with Crippen LogP contribution in [0.1, 0.15) is 6.92 Å². The van der Waals surface area contributed by atoms with Crippen molar-refractivity contribution in [1.82, 2.24) is 0 Å². The van der Waals surface area contributed by atoms with Gasteiger partial charge < -0.3 is 4.74 Å². The van der Waals surface area contributed by atoms with Gasteiger partial charge in [0.05, 0.1) is 17.3 Å². The molecule has 1 aromatic carbocycles. The molecule has 0 aromatic heterocycles. The highest BCUT2D eigenvalue weighted by molar-refractivity contribution is 6.43. The zero-order valence-corrected chi connectivity index (χ0v) is 10.9. The van der Waals surface area contributed by atoms with Crippen LogP contribution in [0, 0.1) is 11.3 Å². The molecule has 0 spiro atoms. The van der Waals surface area contributed by atoms with E-state index in [4.69, 9.17) is 28.5 Å². The second-order valence-electron chi connectivity index (χ2n) is 3.03. The maximum absolute atomic E-state index is 11.3. The Balaban J connectivity index is 2.87. The van der Waals surface area contributed by atoms with Crippen LogP contribution in [0.4, 0.5) is 5.69 Å². The minimum Gasteiger partial charge on any atom is -0.461 e. The molecule has 0 fully saturated rings. The first-order chi connectivity index (χ1) is 8.58. The van der Waals surface area contributed by atoms with Gasteiger partial charge in [0.1, 0.15) is 6.07 Å². The molecule has 1 N–H and O–H groups in total. The molecule has 0 unspecified atom stereocenters. The molecule has 0 aliphatic rings. The van der Waals surface area contributed by atoms with Crippen LogP contribution < -0.4 is 5.43 Å². The first-order valence-electron chi connectivity index (χ1n) is 4.94. The summed E-state index contributed by atoms with van der Waals surface area (Å²) >= 11 is 11.6. The highest BCUT2D eigenvalue weighted by Crippen LogP contribution is 2.25. The molecule has 0 aliphatic carbocycles. The lowest BCUT2D eigenvalue weighted by atomic mass is 10.3. The number of hydrogen-bond acceptors (Lipinski definition) is 5. The standard InChI is InChI=1S/C11H9Cl2N3O2/c1-2-18-11(17)10(6-14)16-15-9-5-7(12)3-4-8(9)13/h3-5,15H,2H2,1H3/b16-10-. The Kier molecular flexibility index (Phi) is 5.43. The SMILES string of the molecule is CCOC(=O)/C(C#N)=N\Nc1cc(Cl)ccc1Cl. The molecule has 18 heavy (non-hydrogen) atoms. The maximum atomic E-state index is 11.3. The topological polar surface area (TPSA) is 74.5 Å². The summed E-state index contributed by atoms with van der Waals surface area (Å²) in [6.07, 6.45) is 0. The van der Waals surface area contributed by atoms with Crippen LogP contribution in [0.15, 0.2) is 23.3 Å². The molecule has 94 valence electrons. The van der Waals surface area contributed by atoms with Crippen molar-refractivity contribution in [2.75, 3.05) is 12.0 Å². The third kappa shape index (κ3) is 3.91. The number of hydrogen-bond donors (Lipinski definition) is 1. The molecule has 0 saturated carbocycles. The molecule has 0 radical (unpaired) electrons. The average Bonchev–Trinajstić information content (AvgIpc) is 2.34. The van der Waals surface area contributed by atoms with E-state index in [9.17, 15) is 4.79 Å². The van der Waals surface area contributed by atoms with Crippen LogP contribution in [0.2, 0.25) is 10.0 Å². The molecule has 0 bridgehead atoms. The fraction of sp³-hybridized carbons (Fsp3) is 0.182. The molecule has 0 amide bonds. The van der Waals surface area contributed by atoms with E-state index in [2.05, 4.69) is 15.3 Å². The number of halogens is 2. The second kappa shape index (κ2) is 6.84. The number of carbonyl (C=O) groups is 1. The second-order valence-corrected chi connectivity index (χ2v) is 3.87. The van der Waals surface area contributed by atoms with Gasteiger partial charge in [-0.3, -0.25) is 5.43 Å². The Hall–Kier alpha value is -1.77. The summed E-state index contributed by atoms with van der Waals surface area (Å²) in [5.74, 6) is -0.800. The van der Waals surface area contributed by atoms with Gasteiger partial charge in [-0.15, -0.1) is 0 Å². The van der Waals surface area contributed by atoms with E-state index in [-0.39, 0.29) is 6.61 Å². The number of nitrogens with zero attached hydrogens (tertiary/aromatic N) is 2. The zero-order valence-electron chi connectivity index (χ0n) is 9.41. The van der Waals surface area contributed by atoms with Crippen molar-refractivity contribution in [1.29, 1.82) is 5.26 Å². The summed E-state index contributed by atoms with van der Waals surface area (Å²) in [7, 11) is 0. The number of carbonyl (C=O) groups excluding carboxylic acids is 1. The number of anilines is 1. The number of nitrogens with one attached hydrogen (secondary N) is 1. The molecule has 1 rings (SSSR count). The molecule has 0 saturated heterocycles. The van der Waals surface area contributed by atoms with E-state index in [0.717, 1.165) is 0 Å². The van der Waals surface area contributed by atoms with Crippen molar-refractivity contribution in [3.8, 4) is 6.07 Å². The Bertz CT molecular complexity index is 524. The number of hydrazone groups is 1. The molecule has 1 aromatic rings. The van der Waals surface area contributed by atoms with E-state index < -0.39 is 11.7 Å². The van der Waals surface area contributed by atoms with Crippen molar-refractivity contribution in [3.63, 3.8) is 0 Å². The number of nitriles is 1. The van der Waals surface area contributed by atoms with Crippen LogP contribution >= 0.6 is 23.2 Å². The fourth-order valence-electron chi connectivity index (χ4n) is 1.02. The van der Waals surface area contributed by atoms with Gasteiger partial charge >= 0.3 is 5.97 Å². The van der Waals surface area contributed by atoms with Crippen LogP contribution in [-0.2, 0) is 9.53 Å². The van der Waals surface area contributed by atoms with Crippen molar-refractivity contribution in [2.24, 2.45) is 5.10 Å². The van der Waals surface area contributed by atoms with E-state index in [1.54, 1.807) is 25.1 Å². The van der Waals surface area contributed by atoms with Gasteiger partial charge in [0.2, 0.25) is 5.71 Å². The average molecular weight is 286 g/mol. The fourth-order valence-corrected chi connectivity index (χ4v) is 1.35. The first kappa shape index (κ1) is 14.3. The van der Waals surface area contributed by atoms with Crippen molar-refractivity contribution >= 4 is 40.6 Å². The van der Waals surface area contributed by atoms with E-state index in [0.29, 0.717) is 15.7 Å². The van der Waals surface area contributed by atoms with Gasteiger partial charge in [-0.05, 0) is 25.1 Å². The first-order valence-corrected chi connectivity index (χ1v) is 5.70. The monoisotopic (exact) mass is 285 g/mol. The molecule has 0 atom stereocenters. The van der Waals surface area contributed by atoms with Crippen molar-refractivity contribution in [3.05, 3.63) is 28.2 Å². The van der Waals surface area contributed by atoms with Crippen LogP contribution in [-0.4, -0.2) is 18.3 Å². The third-order valence-electron chi connectivity index (χ3n) is 1.79. The number of ether oxygens (including phenoxy) is 1. The molecular weight excluding hydrogens is 277 g/mol. The summed E-state index contributed by atoms with van der Waals surface area (Å²) in [6.45, 7) is 1.80. The molecule has 7 heteroatoms. The van der Waals surface area contributed by atoms with E-state index >= 15 is 0 Å². The highest BCUT2D eigenvalue weighted by atomic mass is 35.5. The number of rotatable bonds is 4.